The molecule has 0 amide bonds. The van der Waals surface area contributed by atoms with E-state index in [1.165, 1.54) is 18.5 Å². The molecule has 0 N–H and O–H groups in total. The summed E-state index contributed by atoms with van der Waals surface area (Å²) in [7, 11) is 4.10. The predicted molar refractivity (Wildman–Crippen MR) is 64.3 cm³/mol. The SMILES string of the molecule is CN(C)CCn1nnc(CC#N)c1CC1CC1. The minimum absolute atomic E-state index is 0.379. The molecule has 0 aliphatic heterocycles. The molecule has 0 bridgehead atoms. The van der Waals surface area contributed by atoms with Crippen LogP contribution in [0.4, 0.5) is 0 Å². The largest absolute Gasteiger partial charge is 0.308 e. The van der Waals surface area contributed by atoms with E-state index in [1.54, 1.807) is 0 Å². The van der Waals surface area contributed by atoms with Gasteiger partial charge in [0.25, 0.3) is 0 Å². The minimum atomic E-state index is 0.379. The Labute approximate surface area is 102 Å². The van der Waals surface area contributed by atoms with E-state index < -0.39 is 0 Å². The maximum atomic E-state index is 8.79. The van der Waals surface area contributed by atoms with Crippen molar-refractivity contribution in [3.05, 3.63) is 11.4 Å². The Kier molecular flexibility index (Phi) is 3.75. The fourth-order valence-electron chi connectivity index (χ4n) is 1.87. The van der Waals surface area contributed by atoms with Gasteiger partial charge in [-0.25, -0.2) is 4.68 Å². The lowest BCUT2D eigenvalue weighted by molar-refractivity contribution is 0.366. The average Bonchev–Trinajstić information content (AvgIpc) is 3.01. The van der Waals surface area contributed by atoms with Crippen molar-refractivity contribution in [2.24, 2.45) is 5.92 Å². The molecule has 1 heterocycles. The van der Waals surface area contributed by atoms with Gasteiger partial charge in [0.1, 0.15) is 0 Å². The predicted octanol–water partition coefficient (Wildman–Crippen LogP) is 0.858. The molecule has 0 saturated heterocycles. The number of hydrogen-bond donors (Lipinski definition) is 0. The second-order valence-electron chi connectivity index (χ2n) is 4.99. The highest BCUT2D eigenvalue weighted by molar-refractivity contribution is 5.16. The summed E-state index contributed by atoms with van der Waals surface area (Å²) in [5.74, 6) is 0.795. The molecule has 1 saturated carbocycles. The van der Waals surface area contributed by atoms with Crippen molar-refractivity contribution in [3.63, 3.8) is 0 Å². The highest BCUT2D eigenvalue weighted by Gasteiger charge is 2.25. The number of rotatable bonds is 6. The van der Waals surface area contributed by atoms with E-state index in [1.807, 2.05) is 18.8 Å². The third-order valence-corrected chi connectivity index (χ3v) is 3.10. The maximum absolute atomic E-state index is 8.79. The number of aromatic nitrogens is 3. The zero-order chi connectivity index (χ0) is 12.3. The van der Waals surface area contributed by atoms with Crippen LogP contribution < -0.4 is 0 Å². The zero-order valence-electron chi connectivity index (χ0n) is 10.6. The molecule has 1 aliphatic rings. The van der Waals surface area contributed by atoms with E-state index in [0.29, 0.717) is 6.42 Å². The van der Waals surface area contributed by atoms with Crippen molar-refractivity contribution in [1.29, 1.82) is 5.26 Å². The average molecular weight is 233 g/mol. The molecule has 0 spiro atoms. The van der Waals surface area contributed by atoms with Gasteiger partial charge in [0.15, 0.2) is 0 Å². The maximum Gasteiger partial charge on any atom is 0.0999 e. The lowest BCUT2D eigenvalue weighted by Gasteiger charge is -2.11. The van der Waals surface area contributed by atoms with Crippen molar-refractivity contribution in [1.82, 2.24) is 19.9 Å². The molecule has 5 heteroatoms. The second kappa shape index (κ2) is 5.28. The van der Waals surface area contributed by atoms with Crippen LogP contribution in [0.25, 0.3) is 0 Å². The molecule has 2 rings (SSSR count). The van der Waals surface area contributed by atoms with Crippen molar-refractivity contribution >= 4 is 0 Å². The first-order valence-electron chi connectivity index (χ1n) is 6.13. The van der Waals surface area contributed by atoms with Crippen LogP contribution in [0.3, 0.4) is 0 Å². The minimum Gasteiger partial charge on any atom is -0.308 e. The van der Waals surface area contributed by atoms with Gasteiger partial charge in [-0.1, -0.05) is 5.21 Å². The topological polar surface area (TPSA) is 57.7 Å². The van der Waals surface area contributed by atoms with E-state index in [9.17, 15) is 0 Å². The first-order valence-corrected chi connectivity index (χ1v) is 6.13. The molecule has 0 aromatic carbocycles. The number of hydrogen-bond acceptors (Lipinski definition) is 4. The van der Waals surface area contributed by atoms with Crippen molar-refractivity contribution < 1.29 is 0 Å². The van der Waals surface area contributed by atoms with Gasteiger partial charge in [-0.05, 0) is 39.3 Å². The smallest absolute Gasteiger partial charge is 0.0999 e. The van der Waals surface area contributed by atoms with Crippen molar-refractivity contribution in [2.45, 2.75) is 32.2 Å². The fraction of sp³-hybridized carbons (Fsp3) is 0.750. The highest BCUT2D eigenvalue weighted by atomic mass is 15.4. The molecule has 17 heavy (non-hydrogen) atoms. The Morgan fingerprint density at radius 3 is 2.82 bits per heavy atom. The summed E-state index contributed by atoms with van der Waals surface area (Å²) in [6.07, 6.45) is 4.04. The Morgan fingerprint density at radius 2 is 2.24 bits per heavy atom. The molecule has 1 aliphatic carbocycles. The standard InChI is InChI=1S/C12H19N5/c1-16(2)7-8-17-12(9-10-3-4-10)11(5-6-13)14-15-17/h10H,3-5,7-9H2,1-2H3. The number of likely N-dealkylation sites (N-methyl/N-ethyl adjacent to an activating group) is 1. The fourth-order valence-corrected chi connectivity index (χ4v) is 1.87. The molecule has 1 fully saturated rings. The first kappa shape index (κ1) is 12.1. The molecule has 0 radical (unpaired) electrons. The van der Waals surface area contributed by atoms with Gasteiger partial charge < -0.3 is 4.90 Å². The first-order chi connectivity index (χ1) is 8.20. The van der Waals surface area contributed by atoms with Crippen LogP contribution in [-0.2, 0) is 19.4 Å². The van der Waals surface area contributed by atoms with Crippen LogP contribution in [0.15, 0.2) is 0 Å². The molecule has 1 aromatic rings. The molecule has 92 valence electrons. The molecular formula is C12H19N5. The Hall–Kier alpha value is -1.41. The molecule has 0 unspecified atom stereocenters. The summed E-state index contributed by atoms with van der Waals surface area (Å²) in [6.45, 7) is 1.81. The Morgan fingerprint density at radius 1 is 1.47 bits per heavy atom. The quantitative estimate of drug-likeness (QED) is 0.731. The monoisotopic (exact) mass is 233 g/mol. The summed E-state index contributed by atoms with van der Waals surface area (Å²) < 4.78 is 1.98. The van der Waals surface area contributed by atoms with E-state index in [2.05, 4.69) is 21.3 Å². The summed E-state index contributed by atoms with van der Waals surface area (Å²) in [6, 6.07) is 2.17. The van der Waals surface area contributed by atoms with E-state index in [-0.39, 0.29) is 0 Å². The second-order valence-corrected chi connectivity index (χ2v) is 4.99. The summed E-state index contributed by atoms with van der Waals surface area (Å²) >= 11 is 0. The van der Waals surface area contributed by atoms with Crippen LogP contribution in [-0.4, -0.2) is 40.5 Å². The van der Waals surface area contributed by atoms with Gasteiger partial charge in [0.05, 0.1) is 30.4 Å². The van der Waals surface area contributed by atoms with E-state index in [0.717, 1.165) is 31.1 Å². The van der Waals surface area contributed by atoms with Crippen LogP contribution in [0.2, 0.25) is 0 Å². The van der Waals surface area contributed by atoms with Crippen molar-refractivity contribution in [3.8, 4) is 6.07 Å². The number of nitriles is 1. The van der Waals surface area contributed by atoms with Gasteiger partial charge in [0.2, 0.25) is 0 Å². The third-order valence-electron chi connectivity index (χ3n) is 3.10. The zero-order valence-corrected chi connectivity index (χ0v) is 10.6. The Balaban J connectivity index is 2.09. The molecule has 5 nitrogen and oxygen atoms in total. The lowest BCUT2D eigenvalue weighted by Crippen LogP contribution is -2.20. The van der Waals surface area contributed by atoms with Gasteiger partial charge in [-0.2, -0.15) is 5.26 Å². The third kappa shape index (κ3) is 3.27. The summed E-state index contributed by atoms with van der Waals surface area (Å²) in [5, 5.41) is 17.1. The molecular weight excluding hydrogens is 214 g/mol. The van der Waals surface area contributed by atoms with Crippen LogP contribution >= 0.6 is 0 Å². The Bertz CT molecular complexity index is 411. The normalized spacial score (nSPS) is 15.2. The van der Waals surface area contributed by atoms with E-state index in [4.69, 9.17) is 5.26 Å². The van der Waals surface area contributed by atoms with Gasteiger partial charge in [0, 0.05) is 6.54 Å². The van der Waals surface area contributed by atoms with Gasteiger partial charge in [-0.15, -0.1) is 5.10 Å². The van der Waals surface area contributed by atoms with Crippen LogP contribution in [0, 0.1) is 17.2 Å². The van der Waals surface area contributed by atoms with Crippen molar-refractivity contribution in [2.75, 3.05) is 20.6 Å². The molecule has 1 aromatic heterocycles. The van der Waals surface area contributed by atoms with E-state index >= 15 is 0 Å². The van der Waals surface area contributed by atoms with Crippen LogP contribution in [0.5, 0.6) is 0 Å². The van der Waals surface area contributed by atoms with Gasteiger partial charge in [-0.3, -0.25) is 0 Å². The number of nitrogens with zero attached hydrogens (tertiary/aromatic N) is 5. The highest BCUT2D eigenvalue weighted by Crippen LogP contribution is 2.33. The molecule has 0 atom stereocenters. The summed E-state index contributed by atoms with van der Waals surface area (Å²) in [5.41, 5.74) is 2.05. The lowest BCUT2D eigenvalue weighted by atomic mass is 10.1. The summed E-state index contributed by atoms with van der Waals surface area (Å²) in [4.78, 5) is 2.13. The van der Waals surface area contributed by atoms with Crippen LogP contribution in [0.1, 0.15) is 24.2 Å². The van der Waals surface area contributed by atoms with Gasteiger partial charge >= 0.3 is 0 Å².